The van der Waals surface area contributed by atoms with Gasteiger partial charge in [-0.2, -0.15) is 5.26 Å². The van der Waals surface area contributed by atoms with E-state index in [2.05, 4.69) is 32.7 Å². The van der Waals surface area contributed by atoms with Gasteiger partial charge < -0.3 is 10.6 Å². The summed E-state index contributed by atoms with van der Waals surface area (Å²) < 4.78 is 0. The third-order valence-electron chi connectivity index (χ3n) is 4.71. The molecule has 2 N–H and O–H groups in total. The largest absolute Gasteiger partial charge is 0.351 e. The van der Waals surface area contributed by atoms with Gasteiger partial charge in [-0.15, -0.1) is 0 Å². The molecule has 2 aliphatic carbocycles. The molecule has 1 saturated carbocycles. The number of nitrogens with one attached hydrogen (secondary N) is 2. The Bertz CT molecular complexity index is 776. The number of benzene rings is 1. The number of rotatable bonds is 5. The zero-order valence-electron chi connectivity index (χ0n) is 13.6. The Labute approximate surface area is 142 Å². The van der Waals surface area contributed by atoms with Gasteiger partial charge in [-0.1, -0.05) is 12.1 Å². The molecule has 2 aromatic rings. The molecular weight excluding hydrogens is 298 g/mol. The number of aryl methyl sites for hydroxylation is 1. The van der Waals surface area contributed by atoms with E-state index < -0.39 is 0 Å². The Morgan fingerprint density at radius 2 is 2.12 bits per heavy atom. The van der Waals surface area contributed by atoms with Crippen LogP contribution in [0.1, 0.15) is 41.6 Å². The van der Waals surface area contributed by atoms with Crippen LogP contribution in [0.15, 0.2) is 30.5 Å². The van der Waals surface area contributed by atoms with Gasteiger partial charge in [0, 0.05) is 30.5 Å². The fourth-order valence-corrected chi connectivity index (χ4v) is 3.17. The minimum Gasteiger partial charge on any atom is -0.351 e. The normalized spacial score (nSPS) is 19.4. The molecule has 0 radical (unpaired) electrons. The summed E-state index contributed by atoms with van der Waals surface area (Å²) in [5.74, 6) is 0.788. The van der Waals surface area contributed by atoms with E-state index in [4.69, 9.17) is 5.26 Å². The summed E-state index contributed by atoms with van der Waals surface area (Å²) in [7, 11) is 0. The smallest absolute Gasteiger partial charge is 0.223 e. The van der Waals surface area contributed by atoms with E-state index in [0.717, 1.165) is 37.3 Å². The molecule has 0 spiro atoms. The zero-order chi connectivity index (χ0) is 16.4. The minimum atomic E-state index is 0.439. The molecule has 0 amide bonds. The van der Waals surface area contributed by atoms with Crippen LogP contribution in [0.25, 0.3) is 0 Å². The maximum atomic E-state index is 8.98. The van der Waals surface area contributed by atoms with Gasteiger partial charge in [0.2, 0.25) is 5.95 Å². The Kier molecular flexibility index (Phi) is 4.14. The second-order valence-corrected chi connectivity index (χ2v) is 6.72. The lowest BCUT2D eigenvalue weighted by atomic mass is 9.92. The summed E-state index contributed by atoms with van der Waals surface area (Å²) in [4.78, 5) is 9.14. The van der Waals surface area contributed by atoms with Gasteiger partial charge in [0.15, 0.2) is 0 Å². The van der Waals surface area contributed by atoms with E-state index >= 15 is 0 Å². The van der Waals surface area contributed by atoms with Crippen LogP contribution in [0, 0.1) is 11.3 Å². The first-order chi connectivity index (χ1) is 11.8. The van der Waals surface area contributed by atoms with E-state index in [1.807, 2.05) is 24.4 Å². The maximum absolute atomic E-state index is 8.98. The van der Waals surface area contributed by atoms with E-state index in [1.54, 1.807) is 0 Å². The second-order valence-electron chi connectivity index (χ2n) is 6.72. The van der Waals surface area contributed by atoms with Gasteiger partial charge in [0.05, 0.1) is 11.6 Å². The number of hydrogen-bond donors (Lipinski definition) is 2. The van der Waals surface area contributed by atoms with E-state index in [9.17, 15) is 0 Å². The maximum Gasteiger partial charge on any atom is 0.223 e. The Morgan fingerprint density at radius 1 is 1.21 bits per heavy atom. The van der Waals surface area contributed by atoms with Gasteiger partial charge in [0.1, 0.15) is 0 Å². The first-order valence-electron chi connectivity index (χ1n) is 8.64. The third-order valence-corrected chi connectivity index (χ3v) is 4.71. The van der Waals surface area contributed by atoms with Crippen LogP contribution in [-0.2, 0) is 19.4 Å². The summed E-state index contributed by atoms with van der Waals surface area (Å²) in [6.45, 7) is 0.789. The van der Waals surface area contributed by atoms with Crippen molar-refractivity contribution in [2.24, 2.45) is 0 Å². The highest BCUT2D eigenvalue weighted by Crippen LogP contribution is 2.25. The Hall–Kier alpha value is -2.45. The average Bonchev–Trinajstić information content (AvgIpc) is 3.44. The molecule has 5 heteroatoms. The van der Waals surface area contributed by atoms with Gasteiger partial charge in [-0.25, -0.2) is 9.97 Å². The SMILES string of the molecule is N#Cc1cccc(CNC2CCc3nc(NC4CC4)ncc3C2)c1. The molecule has 2 aliphatic rings. The topological polar surface area (TPSA) is 73.6 Å². The van der Waals surface area contributed by atoms with Crippen LogP contribution in [0.4, 0.5) is 5.95 Å². The molecule has 1 unspecified atom stereocenters. The Balaban J connectivity index is 1.36. The van der Waals surface area contributed by atoms with Crippen LogP contribution in [0.5, 0.6) is 0 Å². The fraction of sp³-hybridized carbons (Fsp3) is 0.421. The van der Waals surface area contributed by atoms with Crippen molar-refractivity contribution in [1.82, 2.24) is 15.3 Å². The number of fused-ring (bicyclic) bond motifs is 1. The average molecular weight is 319 g/mol. The van der Waals surface area contributed by atoms with Crippen molar-refractivity contribution in [3.05, 3.63) is 52.8 Å². The van der Waals surface area contributed by atoms with Crippen LogP contribution >= 0.6 is 0 Å². The number of aromatic nitrogens is 2. The van der Waals surface area contributed by atoms with Crippen molar-refractivity contribution in [3.8, 4) is 6.07 Å². The quantitative estimate of drug-likeness (QED) is 0.886. The first-order valence-corrected chi connectivity index (χ1v) is 8.64. The van der Waals surface area contributed by atoms with Gasteiger partial charge in [0.25, 0.3) is 0 Å². The lowest BCUT2D eigenvalue weighted by molar-refractivity contribution is 0.452. The van der Waals surface area contributed by atoms with Crippen molar-refractivity contribution in [1.29, 1.82) is 5.26 Å². The summed E-state index contributed by atoms with van der Waals surface area (Å²) in [6, 6.07) is 11.0. The van der Waals surface area contributed by atoms with Gasteiger partial charge in [-0.05, 0) is 55.4 Å². The van der Waals surface area contributed by atoms with Crippen LogP contribution in [0.2, 0.25) is 0 Å². The van der Waals surface area contributed by atoms with Crippen molar-refractivity contribution in [2.45, 2.75) is 50.7 Å². The first kappa shape index (κ1) is 15.1. The second kappa shape index (κ2) is 6.58. The van der Waals surface area contributed by atoms with Gasteiger partial charge in [-0.3, -0.25) is 0 Å². The van der Waals surface area contributed by atoms with Crippen LogP contribution < -0.4 is 10.6 Å². The van der Waals surface area contributed by atoms with Crippen LogP contribution in [0.3, 0.4) is 0 Å². The number of nitriles is 1. The van der Waals surface area contributed by atoms with E-state index in [-0.39, 0.29) is 0 Å². The zero-order valence-corrected chi connectivity index (χ0v) is 13.6. The summed E-state index contributed by atoms with van der Waals surface area (Å²) in [5.41, 5.74) is 4.32. The number of anilines is 1. The molecule has 5 nitrogen and oxygen atoms in total. The molecule has 0 aliphatic heterocycles. The van der Waals surface area contributed by atoms with Crippen molar-refractivity contribution in [3.63, 3.8) is 0 Å². The fourth-order valence-electron chi connectivity index (χ4n) is 3.17. The van der Waals surface area contributed by atoms with Crippen molar-refractivity contribution >= 4 is 5.95 Å². The molecule has 1 atom stereocenters. The summed E-state index contributed by atoms with van der Waals surface area (Å²) in [6.07, 6.45) is 7.50. The Morgan fingerprint density at radius 3 is 2.96 bits per heavy atom. The summed E-state index contributed by atoms with van der Waals surface area (Å²) >= 11 is 0. The summed E-state index contributed by atoms with van der Waals surface area (Å²) in [5, 5.41) is 16.0. The van der Waals surface area contributed by atoms with Crippen molar-refractivity contribution in [2.75, 3.05) is 5.32 Å². The molecule has 1 aromatic heterocycles. The predicted octanol–water partition coefficient (Wildman–Crippen LogP) is 2.57. The highest BCUT2D eigenvalue weighted by molar-refractivity contribution is 5.34. The van der Waals surface area contributed by atoms with Crippen molar-refractivity contribution < 1.29 is 0 Å². The minimum absolute atomic E-state index is 0.439. The van der Waals surface area contributed by atoms with Crippen LogP contribution in [-0.4, -0.2) is 22.1 Å². The molecule has 0 bridgehead atoms. The lowest BCUT2D eigenvalue weighted by Gasteiger charge is -2.25. The molecule has 4 rings (SSSR count). The van der Waals surface area contributed by atoms with E-state index in [0.29, 0.717) is 17.6 Å². The van der Waals surface area contributed by atoms with Gasteiger partial charge >= 0.3 is 0 Å². The third kappa shape index (κ3) is 3.55. The molecule has 24 heavy (non-hydrogen) atoms. The molecule has 0 saturated heterocycles. The highest BCUT2D eigenvalue weighted by atomic mass is 15.1. The van der Waals surface area contributed by atoms with E-state index in [1.165, 1.54) is 24.1 Å². The molecule has 1 fully saturated rings. The molecule has 1 aromatic carbocycles. The highest BCUT2D eigenvalue weighted by Gasteiger charge is 2.24. The monoisotopic (exact) mass is 319 g/mol. The standard InChI is InChI=1S/C19H21N5/c20-10-13-2-1-3-14(8-13)11-21-17-6-7-18-15(9-17)12-22-19(24-18)23-16-4-5-16/h1-3,8,12,16-17,21H,4-7,9,11H2,(H,22,23,24). The predicted molar refractivity (Wildman–Crippen MR) is 92.5 cm³/mol. The molecule has 1 heterocycles. The molecule has 122 valence electrons. The number of hydrogen-bond acceptors (Lipinski definition) is 5. The number of nitrogens with zero attached hydrogens (tertiary/aromatic N) is 3. The lowest BCUT2D eigenvalue weighted by Crippen LogP contribution is -2.34. The molecular formula is C19H21N5.